The predicted octanol–water partition coefficient (Wildman–Crippen LogP) is 1.74. The zero-order chi connectivity index (χ0) is 18.8. The Kier molecular flexibility index (Phi) is 7.89. The van der Waals surface area contributed by atoms with Crippen molar-refractivity contribution in [2.75, 3.05) is 20.1 Å². The Morgan fingerprint density at radius 2 is 2.04 bits per heavy atom. The molecule has 1 heterocycles. The van der Waals surface area contributed by atoms with Gasteiger partial charge in [0.1, 0.15) is 12.1 Å². The number of rotatable bonds is 6. The molecule has 8 heteroatoms. The third-order valence-electron chi connectivity index (χ3n) is 5.87. The first-order chi connectivity index (χ1) is 11.7. The van der Waals surface area contributed by atoms with Crippen molar-refractivity contribution in [3.05, 3.63) is 0 Å². The van der Waals surface area contributed by atoms with Crippen LogP contribution in [-0.2, 0) is 9.59 Å². The molecular weight excluding hydrogens is 356 g/mol. The van der Waals surface area contributed by atoms with Gasteiger partial charge >= 0.3 is 6.03 Å². The van der Waals surface area contributed by atoms with Crippen LogP contribution in [0.2, 0.25) is 0 Å². The smallest absolute Gasteiger partial charge is 0.325 e. The van der Waals surface area contributed by atoms with Crippen LogP contribution >= 0.6 is 12.4 Å². The van der Waals surface area contributed by atoms with Crippen molar-refractivity contribution in [2.24, 2.45) is 17.6 Å². The predicted molar refractivity (Wildman–Crippen MR) is 103 cm³/mol. The monoisotopic (exact) mass is 388 g/mol. The number of halogens is 1. The van der Waals surface area contributed by atoms with Crippen LogP contribution < -0.4 is 11.1 Å². The van der Waals surface area contributed by atoms with E-state index in [1.54, 1.807) is 11.9 Å². The number of hydrogen-bond donors (Lipinski definition) is 2. The number of likely N-dealkylation sites (N-methyl/N-ethyl adjacent to an activating group) is 1. The van der Waals surface area contributed by atoms with Gasteiger partial charge in [0.2, 0.25) is 5.91 Å². The molecule has 1 aliphatic heterocycles. The van der Waals surface area contributed by atoms with Crippen LogP contribution in [0, 0.1) is 11.8 Å². The highest BCUT2D eigenvalue weighted by molar-refractivity contribution is 6.09. The van der Waals surface area contributed by atoms with E-state index < -0.39 is 11.6 Å². The molecule has 7 nitrogen and oxygen atoms in total. The molecule has 2 aliphatic rings. The van der Waals surface area contributed by atoms with Crippen molar-refractivity contribution in [2.45, 2.75) is 64.5 Å². The summed E-state index contributed by atoms with van der Waals surface area (Å²) in [6.07, 6.45) is 4.26. The van der Waals surface area contributed by atoms with Gasteiger partial charge < -0.3 is 16.0 Å². The minimum absolute atomic E-state index is 0. The second kappa shape index (κ2) is 9.04. The van der Waals surface area contributed by atoms with Gasteiger partial charge in [0.15, 0.2) is 0 Å². The van der Waals surface area contributed by atoms with Crippen molar-refractivity contribution in [3.63, 3.8) is 0 Å². The molecule has 3 atom stereocenters. The maximum Gasteiger partial charge on any atom is 0.325 e. The molecule has 3 N–H and O–H groups in total. The summed E-state index contributed by atoms with van der Waals surface area (Å²) in [5.41, 5.74) is 5.20. The average molecular weight is 389 g/mol. The lowest BCUT2D eigenvalue weighted by Crippen LogP contribution is -2.54. The highest BCUT2D eigenvalue weighted by Crippen LogP contribution is 2.38. The number of amides is 4. The van der Waals surface area contributed by atoms with Crippen LogP contribution in [0.4, 0.5) is 4.79 Å². The van der Waals surface area contributed by atoms with Gasteiger partial charge in [0.05, 0.1) is 0 Å². The molecule has 0 aromatic rings. The molecule has 4 amide bonds. The van der Waals surface area contributed by atoms with E-state index in [-0.39, 0.29) is 42.7 Å². The summed E-state index contributed by atoms with van der Waals surface area (Å²) in [7, 11) is 1.69. The molecule has 0 aromatic heterocycles. The average Bonchev–Trinajstić information content (AvgIpc) is 2.80. The molecule has 150 valence electrons. The Hall–Kier alpha value is -1.34. The van der Waals surface area contributed by atoms with Gasteiger partial charge in [-0.25, -0.2) is 4.79 Å². The Bertz CT molecular complexity index is 543. The van der Waals surface area contributed by atoms with Crippen LogP contribution in [0.25, 0.3) is 0 Å². The van der Waals surface area contributed by atoms with Crippen LogP contribution in [-0.4, -0.2) is 59.4 Å². The molecule has 2 fully saturated rings. The Balaban J connectivity index is 0.00000338. The standard InChI is InChI=1S/C18H32N4O3.ClH/c1-12(2)14(19)8-10-21(4)15(23)11-22-16(24)18(20-17(22)25)9-6-5-7-13(18)3;/h12-14H,5-11,19H2,1-4H3,(H,20,25);1H. The third-order valence-corrected chi connectivity index (χ3v) is 5.87. The summed E-state index contributed by atoms with van der Waals surface area (Å²) in [5.74, 6) is -0.0352. The highest BCUT2D eigenvalue weighted by Gasteiger charge is 2.55. The lowest BCUT2D eigenvalue weighted by atomic mass is 9.73. The summed E-state index contributed by atoms with van der Waals surface area (Å²) in [6.45, 7) is 6.41. The molecule has 26 heavy (non-hydrogen) atoms. The second-order valence-electron chi connectivity index (χ2n) is 7.95. The Labute approximate surface area is 162 Å². The Morgan fingerprint density at radius 3 is 2.62 bits per heavy atom. The number of carbonyl (C=O) groups is 3. The fourth-order valence-electron chi connectivity index (χ4n) is 3.70. The first-order valence-corrected chi connectivity index (χ1v) is 9.32. The van der Waals surface area contributed by atoms with Crippen LogP contribution in [0.3, 0.4) is 0 Å². The van der Waals surface area contributed by atoms with Crippen molar-refractivity contribution in [1.82, 2.24) is 15.1 Å². The molecular formula is C18H33ClN4O3. The zero-order valence-corrected chi connectivity index (χ0v) is 17.1. The molecule has 1 saturated heterocycles. The van der Waals surface area contributed by atoms with E-state index in [2.05, 4.69) is 5.32 Å². The van der Waals surface area contributed by atoms with Gasteiger partial charge in [-0.3, -0.25) is 14.5 Å². The van der Waals surface area contributed by atoms with E-state index in [0.717, 1.165) is 24.2 Å². The number of nitrogens with zero attached hydrogens (tertiary/aromatic N) is 2. The number of nitrogens with two attached hydrogens (primary N) is 1. The van der Waals surface area contributed by atoms with E-state index >= 15 is 0 Å². The largest absolute Gasteiger partial charge is 0.344 e. The van der Waals surface area contributed by atoms with E-state index in [1.807, 2.05) is 20.8 Å². The number of nitrogens with one attached hydrogen (secondary N) is 1. The maximum absolute atomic E-state index is 12.9. The quantitative estimate of drug-likeness (QED) is 0.677. The van der Waals surface area contributed by atoms with E-state index in [0.29, 0.717) is 25.3 Å². The molecule has 0 aromatic carbocycles. The summed E-state index contributed by atoms with van der Waals surface area (Å²) in [6, 6.07) is -0.419. The van der Waals surface area contributed by atoms with E-state index in [9.17, 15) is 14.4 Å². The highest BCUT2D eigenvalue weighted by atomic mass is 35.5. The van der Waals surface area contributed by atoms with E-state index in [4.69, 9.17) is 5.73 Å². The van der Waals surface area contributed by atoms with Gasteiger partial charge in [-0.05, 0) is 31.1 Å². The molecule has 1 saturated carbocycles. The van der Waals surface area contributed by atoms with Crippen molar-refractivity contribution >= 4 is 30.3 Å². The first kappa shape index (κ1) is 22.7. The number of carbonyl (C=O) groups excluding carboxylic acids is 3. The molecule has 0 bridgehead atoms. The summed E-state index contributed by atoms with van der Waals surface area (Å²) in [5, 5.41) is 2.88. The topological polar surface area (TPSA) is 95.7 Å². The van der Waals surface area contributed by atoms with Crippen LogP contribution in [0.5, 0.6) is 0 Å². The summed E-state index contributed by atoms with van der Waals surface area (Å²) < 4.78 is 0. The number of imide groups is 1. The van der Waals surface area contributed by atoms with Crippen molar-refractivity contribution in [1.29, 1.82) is 0 Å². The summed E-state index contributed by atoms with van der Waals surface area (Å²) in [4.78, 5) is 40.3. The van der Waals surface area contributed by atoms with Gasteiger partial charge in [-0.1, -0.05) is 33.6 Å². The SMILES string of the molecule is CC(C)C(N)CCN(C)C(=O)CN1C(=O)NC2(CCCCC2C)C1=O.Cl. The van der Waals surface area contributed by atoms with Crippen molar-refractivity contribution < 1.29 is 14.4 Å². The molecule has 1 spiro atoms. The van der Waals surface area contributed by atoms with Gasteiger partial charge in [-0.2, -0.15) is 0 Å². The Morgan fingerprint density at radius 1 is 1.38 bits per heavy atom. The lowest BCUT2D eigenvalue weighted by Gasteiger charge is -2.36. The molecule has 2 rings (SSSR count). The molecule has 0 radical (unpaired) electrons. The second-order valence-corrected chi connectivity index (χ2v) is 7.95. The van der Waals surface area contributed by atoms with E-state index in [1.165, 1.54) is 0 Å². The molecule has 1 aliphatic carbocycles. The minimum Gasteiger partial charge on any atom is -0.344 e. The first-order valence-electron chi connectivity index (χ1n) is 9.32. The van der Waals surface area contributed by atoms with Gasteiger partial charge in [-0.15, -0.1) is 12.4 Å². The number of urea groups is 1. The minimum atomic E-state index is -0.811. The maximum atomic E-state index is 12.9. The lowest BCUT2D eigenvalue weighted by molar-refractivity contribution is -0.140. The fraction of sp³-hybridized carbons (Fsp3) is 0.833. The number of hydrogen-bond acceptors (Lipinski definition) is 4. The normalized spacial score (nSPS) is 26.7. The van der Waals surface area contributed by atoms with Crippen LogP contribution in [0.15, 0.2) is 0 Å². The van der Waals surface area contributed by atoms with Gasteiger partial charge in [0, 0.05) is 19.6 Å². The fourth-order valence-corrected chi connectivity index (χ4v) is 3.70. The van der Waals surface area contributed by atoms with Crippen LogP contribution in [0.1, 0.15) is 52.9 Å². The molecule has 3 unspecified atom stereocenters. The summed E-state index contributed by atoms with van der Waals surface area (Å²) >= 11 is 0. The zero-order valence-electron chi connectivity index (χ0n) is 16.3. The van der Waals surface area contributed by atoms with Crippen molar-refractivity contribution in [3.8, 4) is 0 Å². The third kappa shape index (κ3) is 4.49. The van der Waals surface area contributed by atoms with Gasteiger partial charge in [0.25, 0.3) is 5.91 Å².